The van der Waals surface area contributed by atoms with Crippen LogP contribution in [0.25, 0.3) is 10.2 Å². The van der Waals surface area contributed by atoms with Gasteiger partial charge in [0.2, 0.25) is 5.91 Å². The molecule has 0 aromatic carbocycles. The number of ether oxygens (including phenoxy) is 1. The van der Waals surface area contributed by atoms with Gasteiger partial charge in [0.1, 0.15) is 16.3 Å². The lowest BCUT2D eigenvalue weighted by atomic mass is 9.78. The molecule has 0 radical (unpaired) electrons. The monoisotopic (exact) mass is 390 g/mol. The molecule has 146 valence electrons. The average molecular weight is 391 g/mol. The lowest BCUT2D eigenvalue weighted by molar-refractivity contribution is -0.137. The van der Waals surface area contributed by atoms with Crippen molar-refractivity contribution in [2.24, 2.45) is 0 Å². The van der Waals surface area contributed by atoms with Gasteiger partial charge < -0.3 is 20.3 Å². The third kappa shape index (κ3) is 3.64. The number of anilines is 1. The van der Waals surface area contributed by atoms with Crippen LogP contribution in [0.15, 0.2) is 12.1 Å². The number of nitrogens with zero attached hydrogens (tertiary/aromatic N) is 3. The van der Waals surface area contributed by atoms with Crippen LogP contribution in [0.1, 0.15) is 35.1 Å². The number of likely N-dealkylation sites (tertiary alicyclic amines) is 1. The minimum absolute atomic E-state index is 0.00346. The Kier molecular flexibility index (Phi) is 5.39. The predicted octanol–water partition coefficient (Wildman–Crippen LogP) is 2.11. The fourth-order valence-corrected chi connectivity index (χ4v) is 4.69. The number of carbonyl (C=O) groups is 2. The molecule has 27 heavy (non-hydrogen) atoms. The van der Waals surface area contributed by atoms with Crippen molar-refractivity contribution >= 4 is 39.1 Å². The number of nitrogens with two attached hydrogens (primary N) is 1. The Morgan fingerprint density at radius 1 is 1.41 bits per heavy atom. The molecule has 3 rings (SSSR count). The third-order valence-corrected chi connectivity index (χ3v) is 6.23. The summed E-state index contributed by atoms with van der Waals surface area (Å²) >= 11 is 1.32. The van der Waals surface area contributed by atoms with Gasteiger partial charge in [0, 0.05) is 50.8 Å². The number of fused-ring (bicyclic) bond motifs is 1. The van der Waals surface area contributed by atoms with Crippen LogP contribution in [0.2, 0.25) is 0 Å². The minimum atomic E-state index is -0.236. The molecule has 0 aliphatic carbocycles. The highest BCUT2D eigenvalue weighted by Gasteiger charge is 2.36. The van der Waals surface area contributed by atoms with E-state index in [2.05, 4.69) is 6.92 Å². The van der Waals surface area contributed by atoms with Crippen LogP contribution in [-0.2, 0) is 14.9 Å². The molecular weight excluding hydrogens is 364 g/mol. The summed E-state index contributed by atoms with van der Waals surface area (Å²) in [6.45, 7) is 3.59. The Bertz CT molecular complexity index is 879. The Balaban J connectivity index is 1.94. The van der Waals surface area contributed by atoms with E-state index >= 15 is 0 Å². The van der Waals surface area contributed by atoms with Crippen molar-refractivity contribution < 1.29 is 14.3 Å². The number of methoxy groups -OCH3 is 1. The quantitative estimate of drug-likeness (QED) is 0.864. The molecular formula is C19H26N4O3S. The molecule has 2 amide bonds. The van der Waals surface area contributed by atoms with Crippen molar-refractivity contribution in [1.82, 2.24) is 14.8 Å². The molecule has 8 heteroatoms. The van der Waals surface area contributed by atoms with E-state index in [9.17, 15) is 9.59 Å². The van der Waals surface area contributed by atoms with Crippen LogP contribution in [0.3, 0.4) is 0 Å². The number of amides is 2. The zero-order valence-corrected chi connectivity index (χ0v) is 17.1. The molecule has 0 unspecified atom stereocenters. The first-order valence-electron chi connectivity index (χ1n) is 8.94. The van der Waals surface area contributed by atoms with Crippen molar-refractivity contribution in [3.63, 3.8) is 0 Å². The minimum Gasteiger partial charge on any atom is -0.397 e. The molecule has 1 atom stereocenters. The second kappa shape index (κ2) is 7.44. The molecule has 2 aromatic rings. The first-order chi connectivity index (χ1) is 12.8. The summed E-state index contributed by atoms with van der Waals surface area (Å²) < 4.78 is 4.99. The SMILES string of the molecule is COCC(=O)N1CCC[C@@](C)(c2ccc3c(N)c(C(=O)N(C)C)sc3n2)C1. The molecule has 2 N–H and O–H groups in total. The number of aromatic nitrogens is 1. The second-order valence-electron chi connectivity index (χ2n) is 7.51. The van der Waals surface area contributed by atoms with Crippen molar-refractivity contribution in [3.8, 4) is 0 Å². The van der Waals surface area contributed by atoms with E-state index in [1.165, 1.54) is 23.3 Å². The van der Waals surface area contributed by atoms with E-state index < -0.39 is 0 Å². The normalized spacial score (nSPS) is 20.1. The summed E-state index contributed by atoms with van der Waals surface area (Å²) in [4.78, 5) is 34.1. The Labute approximate surface area is 163 Å². The second-order valence-corrected chi connectivity index (χ2v) is 8.51. The van der Waals surface area contributed by atoms with Crippen LogP contribution in [0.4, 0.5) is 5.69 Å². The highest BCUT2D eigenvalue weighted by molar-refractivity contribution is 7.21. The van der Waals surface area contributed by atoms with Crippen molar-refractivity contribution in [2.45, 2.75) is 25.2 Å². The zero-order valence-electron chi connectivity index (χ0n) is 16.2. The largest absolute Gasteiger partial charge is 0.397 e. The summed E-state index contributed by atoms with van der Waals surface area (Å²) in [5.41, 5.74) is 7.37. The number of rotatable bonds is 4. The van der Waals surface area contributed by atoms with Gasteiger partial charge in [0.25, 0.3) is 5.91 Å². The molecule has 0 spiro atoms. The van der Waals surface area contributed by atoms with E-state index in [-0.39, 0.29) is 23.8 Å². The molecule has 1 aliphatic heterocycles. The van der Waals surface area contributed by atoms with Crippen LogP contribution >= 0.6 is 11.3 Å². The number of thiophene rings is 1. The first kappa shape index (κ1) is 19.6. The topological polar surface area (TPSA) is 88.8 Å². The summed E-state index contributed by atoms with van der Waals surface area (Å²) in [7, 11) is 4.95. The van der Waals surface area contributed by atoms with Crippen LogP contribution in [0.5, 0.6) is 0 Å². The van der Waals surface area contributed by atoms with Crippen LogP contribution in [0, 0.1) is 0 Å². The number of hydrogen-bond acceptors (Lipinski definition) is 6. The molecule has 1 aliphatic rings. The molecule has 0 saturated carbocycles. The number of carbonyl (C=O) groups excluding carboxylic acids is 2. The lowest BCUT2D eigenvalue weighted by Crippen LogP contribution is -2.48. The zero-order chi connectivity index (χ0) is 19.8. The Hall–Kier alpha value is -2.19. The summed E-state index contributed by atoms with van der Waals surface area (Å²) in [6, 6.07) is 3.91. The lowest BCUT2D eigenvalue weighted by Gasteiger charge is -2.40. The molecule has 1 saturated heterocycles. The van der Waals surface area contributed by atoms with Gasteiger partial charge in [-0.2, -0.15) is 0 Å². The molecule has 0 bridgehead atoms. The predicted molar refractivity (Wildman–Crippen MR) is 107 cm³/mol. The van der Waals surface area contributed by atoms with Gasteiger partial charge in [-0.3, -0.25) is 9.59 Å². The van der Waals surface area contributed by atoms with Gasteiger partial charge in [0.15, 0.2) is 0 Å². The van der Waals surface area contributed by atoms with Crippen molar-refractivity contribution in [3.05, 3.63) is 22.7 Å². The standard InChI is InChI=1S/C19H26N4O3S/c1-19(8-5-9-23(11-19)14(24)10-26-4)13-7-6-12-15(20)16(18(25)22(2)3)27-17(12)21-13/h6-7H,5,8-11,20H2,1-4H3/t19-/m1/s1. The third-order valence-electron chi connectivity index (χ3n) is 5.13. The number of hydrogen-bond donors (Lipinski definition) is 1. The Morgan fingerprint density at radius 2 is 2.15 bits per heavy atom. The highest BCUT2D eigenvalue weighted by Crippen LogP contribution is 2.37. The number of piperidine rings is 1. The highest BCUT2D eigenvalue weighted by atomic mass is 32.1. The molecule has 7 nitrogen and oxygen atoms in total. The summed E-state index contributed by atoms with van der Waals surface area (Å²) in [5.74, 6) is -0.110. The molecule has 1 fully saturated rings. The van der Waals surface area contributed by atoms with Crippen molar-refractivity contribution in [1.29, 1.82) is 0 Å². The Morgan fingerprint density at radius 3 is 2.81 bits per heavy atom. The van der Waals surface area contributed by atoms with Gasteiger partial charge in [-0.25, -0.2) is 4.98 Å². The molecule has 3 heterocycles. The first-order valence-corrected chi connectivity index (χ1v) is 9.76. The van der Waals surface area contributed by atoms with E-state index in [4.69, 9.17) is 15.5 Å². The van der Waals surface area contributed by atoms with Gasteiger partial charge in [-0.15, -0.1) is 11.3 Å². The van der Waals surface area contributed by atoms with Gasteiger partial charge in [-0.1, -0.05) is 6.92 Å². The van der Waals surface area contributed by atoms with Crippen LogP contribution < -0.4 is 5.73 Å². The summed E-state index contributed by atoms with van der Waals surface area (Å²) in [5, 5.41) is 0.806. The maximum atomic E-state index is 12.3. The van der Waals surface area contributed by atoms with Crippen LogP contribution in [-0.4, -0.2) is 67.5 Å². The fourth-order valence-electron chi connectivity index (χ4n) is 3.57. The maximum Gasteiger partial charge on any atom is 0.265 e. The maximum absolute atomic E-state index is 12.3. The van der Waals surface area contributed by atoms with Gasteiger partial charge in [0.05, 0.1) is 5.69 Å². The van der Waals surface area contributed by atoms with E-state index in [0.717, 1.165) is 35.3 Å². The van der Waals surface area contributed by atoms with E-state index in [1.54, 1.807) is 14.1 Å². The van der Waals surface area contributed by atoms with Gasteiger partial charge >= 0.3 is 0 Å². The smallest absolute Gasteiger partial charge is 0.265 e. The van der Waals surface area contributed by atoms with E-state index in [0.29, 0.717) is 17.1 Å². The van der Waals surface area contributed by atoms with Crippen molar-refractivity contribution in [2.75, 3.05) is 46.6 Å². The average Bonchev–Trinajstić information content (AvgIpc) is 2.97. The fraction of sp³-hybridized carbons (Fsp3) is 0.526. The van der Waals surface area contributed by atoms with E-state index in [1.807, 2.05) is 17.0 Å². The molecule has 2 aromatic heterocycles. The summed E-state index contributed by atoms with van der Waals surface area (Å²) in [6.07, 6.45) is 1.87. The number of nitrogen functional groups attached to an aromatic ring is 1. The van der Waals surface area contributed by atoms with Gasteiger partial charge in [-0.05, 0) is 25.0 Å². The number of pyridine rings is 1.